The fraction of sp³-hybridized carbons (Fsp3) is 0.455. The number of nitro groups is 1. The molecule has 1 aromatic rings. The van der Waals surface area contributed by atoms with Gasteiger partial charge in [0, 0.05) is 25.5 Å². The summed E-state index contributed by atoms with van der Waals surface area (Å²) >= 11 is 1.76. The van der Waals surface area contributed by atoms with Gasteiger partial charge in [0.2, 0.25) is 0 Å². The molecular weight excluding hydrogens is 240 g/mol. The van der Waals surface area contributed by atoms with Crippen LogP contribution in [0.15, 0.2) is 18.2 Å². The van der Waals surface area contributed by atoms with E-state index in [-0.39, 0.29) is 11.4 Å². The molecule has 0 aliphatic heterocycles. The Labute approximate surface area is 104 Å². The van der Waals surface area contributed by atoms with Crippen LogP contribution in [0.1, 0.15) is 12.0 Å². The van der Waals surface area contributed by atoms with Crippen molar-refractivity contribution >= 4 is 23.1 Å². The summed E-state index contributed by atoms with van der Waals surface area (Å²) in [5, 5.41) is 10.6. The third kappa shape index (κ3) is 4.62. The van der Waals surface area contributed by atoms with Gasteiger partial charge in [0.25, 0.3) is 5.69 Å². The molecule has 0 aromatic heterocycles. The lowest BCUT2D eigenvalue weighted by atomic mass is 10.2. The van der Waals surface area contributed by atoms with Crippen molar-refractivity contribution in [2.75, 3.05) is 25.2 Å². The normalized spacial score (nSPS) is 10.4. The maximum absolute atomic E-state index is 10.6. The molecule has 0 amide bonds. The Hall–Kier alpha value is -1.27. The van der Waals surface area contributed by atoms with Crippen LogP contribution in [0.2, 0.25) is 0 Å². The molecule has 6 heteroatoms. The molecule has 0 aliphatic rings. The highest BCUT2D eigenvalue weighted by atomic mass is 32.2. The third-order valence-corrected chi connectivity index (χ3v) is 3.31. The highest BCUT2D eigenvalue weighted by Gasteiger charge is 2.10. The number of rotatable bonds is 7. The van der Waals surface area contributed by atoms with Crippen molar-refractivity contribution in [1.82, 2.24) is 0 Å². The molecule has 94 valence electrons. The molecule has 0 radical (unpaired) electrons. The zero-order valence-electron chi connectivity index (χ0n) is 9.72. The molecule has 0 unspecified atom stereocenters. The van der Waals surface area contributed by atoms with E-state index in [0.29, 0.717) is 0 Å². The summed E-state index contributed by atoms with van der Waals surface area (Å²) in [6.07, 6.45) is 1.00. The smallest absolute Gasteiger partial charge is 0.292 e. The number of methoxy groups -OCH3 is 1. The van der Waals surface area contributed by atoms with E-state index in [2.05, 4.69) is 0 Å². The van der Waals surface area contributed by atoms with Crippen molar-refractivity contribution in [3.8, 4) is 0 Å². The molecule has 0 fully saturated rings. The molecule has 5 nitrogen and oxygen atoms in total. The quantitative estimate of drug-likeness (QED) is 0.351. The minimum absolute atomic E-state index is 0.0295. The van der Waals surface area contributed by atoms with Gasteiger partial charge < -0.3 is 10.5 Å². The summed E-state index contributed by atoms with van der Waals surface area (Å²) < 4.78 is 4.95. The molecule has 0 spiro atoms. The molecule has 1 aromatic carbocycles. The van der Waals surface area contributed by atoms with Crippen molar-refractivity contribution in [3.63, 3.8) is 0 Å². The lowest BCUT2D eigenvalue weighted by Gasteiger charge is -2.03. The zero-order valence-corrected chi connectivity index (χ0v) is 10.5. The monoisotopic (exact) mass is 256 g/mol. The van der Waals surface area contributed by atoms with E-state index in [4.69, 9.17) is 10.5 Å². The van der Waals surface area contributed by atoms with Crippen molar-refractivity contribution in [2.24, 2.45) is 0 Å². The summed E-state index contributed by atoms with van der Waals surface area (Å²) in [6.45, 7) is 0.759. The Balaban J connectivity index is 2.45. The van der Waals surface area contributed by atoms with Gasteiger partial charge in [-0.25, -0.2) is 0 Å². The molecule has 0 heterocycles. The summed E-state index contributed by atoms with van der Waals surface area (Å²) in [4.78, 5) is 10.1. The van der Waals surface area contributed by atoms with Gasteiger partial charge >= 0.3 is 0 Å². The molecule has 2 N–H and O–H groups in total. The Bertz CT molecular complexity index is 385. The first kappa shape index (κ1) is 13.8. The van der Waals surface area contributed by atoms with Crippen LogP contribution in [-0.4, -0.2) is 24.4 Å². The van der Waals surface area contributed by atoms with Crippen LogP contribution in [0.4, 0.5) is 11.4 Å². The largest absolute Gasteiger partial charge is 0.393 e. The topological polar surface area (TPSA) is 78.4 Å². The summed E-state index contributed by atoms with van der Waals surface area (Å²) in [7, 11) is 1.68. The van der Waals surface area contributed by atoms with Gasteiger partial charge in [-0.1, -0.05) is 6.07 Å². The molecule has 0 saturated carbocycles. The minimum Gasteiger partial charge on any atom is -0.393 e. The van der Waals surface area contributed by atoms with Crippen LogP contribution in [0, 0.1) is 10.1 Å². The Kier molecular flexibility index (Phi) is 5.79. The Morgan fingerprint density at radius 2 is 2.29 bits per heavy atom. The van der Waals surface area contributed by atoms with Gasteiger partial charge in [0.05, 0.1) is 4.92 Å². The first-order valence-corrected chi connectivity index (χ1v) is 6.40. The van der Waals surface area contributed by atoms with Crippen molar-refractivity contribution in [3.05, 3.63) is 33.9 Å². The Morgan fingerprint density at radius 1 is 1.53 bits per heavy atom. The van der Waals surface area contributed by atoms with Crippen LogP contribution in [0.5, 0.6) is 0 Å². The number of nitrogens with two attached hydrogens (primary N) is 1. The molecule has 0 saturated heterocycles. The number of hydrogen-bond acceptors (Lipinski definition) is 5. The fourth-order valence-corrected chi connectivity index (χ4v) is 2.24. The van der Waals surface area contributed by atoms with Gasteiger partial charge in [-0.3, -0.25) is 10.1 Å². The van der Waals surface area contributed by atoms with Crippen LogP contribution in [0.25, 0.3) is 0 Å². The molecule has 0 bridgehead atoms. The van der Waals surface area contributed by atoms with Crippen LogP contribution in [-0.2, 0) is 10.5 Å². The second-order valence-electron chi connectivity index (χ2n) is 3.55. The predicted molar refractivity (Wildman–Crippen MR) is 70.2 cm³/mol. The van der Waals surface area contributed by atoms with E-state index in [9.17, 15) is 10.1 Å². The maximum Gasteiger partial charge on any atom is 0.292 e. The SMILES string of the molecule is COCCCSCc1ccc([N+](=O)[O-])c(N)c1. The number of thioether (sulfide) groups is 1. The van der Waals surface area contributed by atoms with Crippen molar-refractivity contribution in [1.29, 1.82) is 0 Å². The van der Waals surface area contributed by atoms with Crippen LogP contribution < -0.4 is 5.73 Å². The van der Waals surface area contributed by atoms with Gasteiger partial charge in [0.1, 0.15) is 5.69 Å². The highest BCUT2D eigenvalue weighted by Crippen LogP contribution is 2.24. The first-order chi connectivity index (χ1) is 8.15. The van der Waals surface area contributed by atoms with E-state index in [1.807, 2.05) is 0 Å². The summed E-state index contributed by atoms with van der Waals surface area (Å²) in [5.74, 6) is 1.82. The van der Waals surface area contributed by atoms with E-state index in [1.165, 1.54) is 6.07 Å². The lowest BCUT2D eigenvalue weighted by Crippen LogP contribution is -1.97. The average molecular weight is 256 g/mol. The third-order valence-electron chi connectivity index (χ3n) is 2.19. The number of ether oxygens (including phenoxy) is 1. The van der Waals surface area contributed by atoms with E-state index in [0.717, 1.165) is 30.1 Å². The van der Waals surface area contributed by atoms with Gasteiger partial charge in [-0.2, -0.15) is 11.8 Å². The maximum atomic E-state index is 10.6. The standard InChI is InChI=1S/C11H16N2O3S/c1-16-5-2-6-17-8-9-3-4-11(13(14)15)10(12)7-9/h3-4,7H,2,5-6,8,12H2,1H3. The highest BCUT2D eigenvalue weighted by molar-refractivity contribution is 7.98. The number of hydrogen-bond donors (Lipinski definition) is 1. The molecular formula is C11H16N2O3S. The van der Waals surface area contributed by atoms with Crippen LogP contribution in [0.3, 0.4) is 0 Å². The molecule has 1 rings (SSSR count). The number of nitrogens with zero attached hydrogens (tertiary/aromatic N) is 1. The van der Waals surface area contributed by atoms with E-state index in [1.54, 1.807) is 31.0 Å². The number of nitro benzene ring substituents is 1. The van der Waals surface area contributed by atoms with Gasteiger partial charge in [-0.05, 0) is 23.8 Å². The molecule has 0 atom stereocenters. The number of benzene rings is 1. The minimum atomic E-state index is -0.467. The van der Waals surface area contributed by atoms with Crippen molar-refractivity contribution in [2.45, 2.75) is 12.2 Å². The van der Waals surface area contributed by atoms with E-state index < -0.39 is 4.92 Å². The lowest BCUT2D eigenvalue weighted by molar-refractivity contribution is -0.383. The Morgan fingerprint density at radius 3 is 2.88 bits per heavy atom. The van der Waals surface area contributed by atoms with Gasteiger partial charge in [-0.15, -0.1) is 0 Å². The molecule has 0 aliphatic carbocycles. The van der Waals surface area contributed by atoms with Crippen LogP contribution >= 0.6 is 11.8 Å². The predicted octanol–water partition coefficient (Wildman–Crippen LogP) is 2.45. The van der Waals surface area contributed by atoms with Crippen molar-refractivity contribution < 1.29 is 9.66 Å². The fourth-order valence-electron chi connectivity index (χ4n) is 1.36. The first-order valence-electron chi connectivity index (χ1n) is 5.24. The summed E-state index contributed by atoms with van der Waals surface area (Å²) in [5.41, 5.74) is 6.81. The second-order valence-corrected chi connectivity index (χ2v) is 4.65. The zero-order chi connectivity index (χ0) is 12.7. The second kappa shape index (κ2) is 7.13. The summed E-state index contributed by atoms with van der Waals surface area (Å²) in [6, 6.07) is 4.87. The van der Waals surface area contributed by atoms with E-state index >= 15 is 0 Å². The average Bonchev–Trinajstić information content (AvgIpc) is 2.28. The number of nitrogen functional groups attached to an aromatic ring is 1. The molecule has 17 heavy (non-hydrogen) atoms. The van der Waals surface area contributed by atoms with Gasteiger partial charge in [0.15, 0.2) is 0 Å². The number of anilines is 1.